The predicted octanol–water partition coefficient (Wildman–Crippen LogP) is 1.25. The first-order valence-electron chi connectivity index (χ1n) is 4.61. The number of hydrogen-bond acceptors (Lipinski definition) is 2. The Morgan fingerprint density at radius 1 is 1.24 bits per heavy atom. The van der Waals surface area contributed by atoms with Gasteiger partial charge in [-0.3, -0.25) is 9.36 Å². The van der Waals surface area contributed by atoms with E-state index >= 15 is 0 Å². The number of rotatable bonds is 0. The van der Waals surface area contributed by atoms with Gasteiger partial charge in [-0.05, 0) is 12.1 Å². The number of alkyl halides is 3. The van der Waals surface area contributed by atoms with Gasteiger partial charge in [0.2, 0.25) is 0 Å². The Bertz CT molecular complexity index is 697. The van der Waals surface area contributed by atoms with Gasteiger partial charge in [-0.2, -0.15) is 13.2 Å². The molecule has 0 radical (unpaired) electrons. The molecule has 0 atom stereocenters. The Morgan fingerprint density at radius 3 is 2.47 bits per heavy atom. The van der Waals surface area contributed by atoms with Crippen LogP contribution in [0, 0.1) is 0 Å². The summed E-state index contributed by atoms with van der Waals surface area (Å²) in [5.41, 5.74) is -2.88. The molecule has 0 aliphatic carbocycles. The minimum Gasteiger partial charge on any atom is -0.307 e. The number of aromatic amines is 1. The zero-order valence-electron chi connectivity index (χ0n) is 8.63. The molecular formula is C10H7F3N2O2. The molecule has 0 spiro atoms. The number of H-pyrrole nitrogens is 1. The highest BCUT2D eigenvalue weighted by Gasteiger charge is 2.33. The maximum Gasteiger partial charge on any atom is 0.417 e. The molecule has 0 saturated heterocycles. The van der Waals surface area contributed by atoms with Crippen LogP contribution in [-0.2, 0) is 13.2 Å². The van der Waals surface area contributed by atoms with Crippen LogP contribution in [0.2, 0.25) is 0 Å². The average molecular weight is 244 g/mol. The highest BCUT2D eigenvalue weighted by Crippen LogP contribution is 2.32. The van der Waals surface area contributed by atoms with E-state index in [1.807, 2.05) is 0 Å². The van der Waals surface area contributed by atoms with Crippen LogP contribution in [0.1, 0.15) is 5.56 Å². The molecule has 17 heavy (non-hydrogen) atoms. The van der Waals surface area contributed by atoms with Crippen molar-refractivity contribution in [2.24, 2.45) is 7.05 Å². The van der Waals surface area contributed by atoms with E-state index in [0.29, 0.717) is 4.57 Å². The fourth-order valence-corrected chi connectivity index (χ4v) is 1.58. The molecule has 2 rings (SSSR count). The maximum absolute atomic E-state index is 12.7. The Kier molecular flexibility index (Phi) is 2.34. The number of fused-ring (bicyclic) bond motifs is 1. The standard InChI is InChI=1S/C10H7F3N2O2/c1-15-8(16)7-5(10(11,12)13)3-2-4-6(7)14-9(15)17/h2-4H,1H3,(H,14,17). The van der Waals surface area contributed by atoms with Crippen molar-refractivity contribution in [1.82, 2.24) is 9.55 Å². The summed E-state index contributed by atoms with van der Waals surface area (Å²) in [4.78, 5) is 25.1. The summed E-state index contributed by atoms with van der Waals surface area (Å²) in [5.74, 6) is 0. The largest absolute Gasteiger partial charge is 0.417 e. The number of benzene rings is 1. The van der Waals surface area contributed by atoms with E-state index in [9.17, 15) is 22.8 Å². The zero-order chi connectivity index (χ0) is 12.8. The number of aromatic nitrogens is 2. The molecular weight excluding hydrogens is 237 g/mol. The van der Waals surface area contributed by atoms with Gasteiger partial charge < -0.3 is 4.98 Å². The number of hydrogen-bond donors (Lipinski definition) is 1. The Morgan fingerprint density at radius 2 is 1.88 bits per heavy atom. The molecule has 1 aromatic carbocycles. The maximum atomic E-state index is 12.7. The fraction of sp³-hybridized carbons (Fsp3) is 0.200. The lowest BCUT2D eigenvalue weighted by molar-refractivity contribution is -0.136. The molecule has 0 aliphatic rings. The van der Waals surface area contributed by atoms with Crippen molar-refractivity contribution in [2.75, 3.05) is 0 Å². The van der Waals surface area contributed by atoms with Gasteiger partial charge in [-0.25, -0.2) is 4.79 Å². The minimum absolute atomic E-state index is 0.118. The third-order valence-corrected chi connectivity index (χ3v) is 2.43. The summed E-state index contributed by atoms with van der Waals surface area (Å²) in [7, 11) is 1.12. The molecule has 0 bridgehead atoms. The minimum atomic E-state index is -4.64. The van der Waals surface area contributed by atoms with Crippen molar-refractivity contribution in [1.29, 1.82) is 0 Å². The zero-order valence-corrected chi connectivity index (χ0v) is 8.63. The summed E-state index contributed by atoms with van der Waals surface area (Å²) in [6.45, 7) is 0. The van der Waals surface area contributed by atoms with Gasteiger partial charge in [0.1, 0.15) is 0 Å². The molecule has 0 fully saturated rings. The van der Waals surface area contributed by atoms with Crippen LogP contribution in [0.4, 0.5) is 13.2 Å². The highest BCUT2D eigenvalue weighted by atomic mass is 19.4. The number of nitrogens with zero attached hydrogens (tertiary/aromatic N) is 1. The number of halogens is 3. The monoisotopic (exact) mass is 244 g/mol. The van der Waals surface area contributed by atoms with Gasteiger partial charge in [-0.15, -0.1) is 0 Å². The summed E-state index contributed by atoms with van der Waals surface area (Å²) in [6.07, 6.45) is -4.64. The van der Waals surface area contributed by atoms with E-state index < -0.39 is 28.4 Å². The topological polar surface area (TPSA) is 54.9 Å². The van der Waals surface area contributed by atoms with Crippen molar-refractivity contribution in [3.8, 4) is 0 Å². The fourth-order valence-electron chi connectivity index (χ4n) is 1.58. The van der Waals surface area contributed by atoms with Crippen LogP contribution in [0.3, 0.4) is 0 Å². The van der Waals surface area contributed by atoms with Crippen LogP contribution >= 0.6 is 0 Å². The molecule has 90 valence electrons. The predicted molar refractivity (Wildman–Crippen MR) is 54.8 cm³/mol. The summed E-state index contributed by atoms with van der Waals surface area (Å²) in [6, 6.07) is 3.20. The molecule has 0 amide bonds. The molecule has 1 N–H and O–H groups in total. The quantitative estimate of drug-likeness (QED) is 0.758. The third-order valence-electron chi connectivity index (χ3n) is 2.43. The lowest BCUT2D eigenvalue weighted by Crippen LogP contribution is -2.33. The molecule has 7 heteroatoms. The van der Waals surface area contributed by atoms with E-state index in [4.69, 9.17) is 0 Å². The van der Waals surface area contributed by atoms with Crippen LogP contribution in [0.5, 0.6) is 0 Å². The molecule has 0 saturated carbocycles. The van der Waals surface area contributed by atoms with E-state index in [-0.39, 0.29) is 5.52 Å². The molecule has 0 aliphatic heterocycles. The summed E-state index contributed by atoms with van der Waals surface area (Å²) < 4.78 is 38.7. The molecule has 1 heterocycles. The van der Waals surface area contributed by atoms with Crippen molar-refractivity contribution in [3.05, 3.63) is 44.6 Å². The SMILES string of the molecule is Cn1c(=O)[nH]c2cccc(C(F)(F)F)c2c1=O. The smallest absolute Gasteiger partial charge is 0.307 e. The first-order valence-corrected chi connectivity index (χ1v) is 4.61. The van der Waals surface area contributed by atoms with Crippen LogP contribution in [-0.4, -0.2) is 9.55 Å². The third kappa shape index (κ3) is 1.73. The first-order chi connectivity index (χ1) is 7.82. The average Bonchev–Trinajstić information content (AvgIpc) is 2.24. The molecule has 0 unspecified atom stereocenters. The van der Waals surface area contributed by atoms with Crippen LogP contribution in [0.15, 0.2) is 27.8 Å². The highest BCUT2D eigenvalue weighted by molar-refractivity contribution is 5.81. The normalized spacial score (nSPS) is 12.0. The Balaban J connectivity index is 3.05. The van der Waals surface area contributed by atoms with Crippen molar-refractivity contribution in [3.63, 3.8) is 0 Å². The molecule has 2 aromatic rings. The van der Waals surface area contributed by atoms with Gasteiger partial charge in [0.15, 0.2) is 0 Å². The lowest BCUT2D eigenvalue weighted by atomic mass is 10.1. The van der Waals surface area contributed by atoms with E-state index in [0.717, 1.165) is 19.2 Å². The second-order valence-electron chi connectivity index (χ2n) is 3.52. The molecule has 4 nitrogen and oxygen atoms in total. The number of nitrogens with one attached hydrogen (secondary N) is 1. The van der Waals surface area contributed by atoms with E-state index in [2.05, 4.69) is 4.98 Å². The summed E-state index contributed by atoms with van der Waals surface area (Å²) >= 11 is 0. The second-order valence-corrected chi connectivity index (χ2v) is 3.52. The Hall–Kier alpha value is -2.05. The Labute approximate surface area is 92.3 Å². The summed E-state index contributed by atoms with van der Waals surface area (Å²) in [5, 5.41) is -0.526. The van der Waals surface area contributed by atoms with E-state index in [1.54, 1.807) is 0 Å². The van der Waals surface area contributed by atoms with Gasteiger partial charge in [0, 0.05) is 7.05 Å². The van der Waals surface area contributed by atoms with Crippen molar-refractivity contribution < 1.29 is 13.2 Å². The second kappa shape index (κ2) is 3.47. The van der Waals surface area contributed by atoms with Gasteiger partial charge in [-0.1, -0.05) is 6.07 Å². The van der Waals surface area contributed by atoms with Crippen molar-refractivity contribution in [2.45, 2.75) is 6.18 Å². The first kappa shape index (κ1) is 11.4. The van der Waals surface area contributed by atoms with E-state index in [1.165, 1.54) is 6.07 Å². The molecule has 1 aromatic heterocycles. The van der Waals surface area contributed by atoms with Crippen LogP contribution < -0.4 is 11.2 Å². The van der Waals surface area contributed by atoms with Gasteiger partial charge >= 0.3 is 11.9 Å². The lowest BCUT2D eigenvalue weighted by Gasteiger charge is -2.09. The van der Waals surface area contributed by atoms with Gasteiger partial charge in [0.25, 0.3) is 5.56 Å². The van der Waals surface area contributed by atoms with Gasteiger partial charge in [0.05, 0.1) is 16.5 Å². The van der Waals surface area contributed by atoms with Crippen LogP contribution in [0.25, 0.3) is 10.9 Å². The van der Waals surface area contributed by atoms with Crippen molar-refractivity contribution >= 4 is 10.9 Å².